The summed E-state index contributed by atoms with van der Waals surface area (Å²) in [7, 11) is 1.77. The van der Waals surface area contributed by atoms with Gasteiger partial charge in [0.2, 0.25) is 0 Å². The molecule has 0 saturated carbocycles. The first-order valence-electron chi connectivity index (χ1n) is 8.17. The maximum atomic E-state index is 9.92. The van der Waals surface area contributed by atoms with Gasteiger partial charge in [0.1, 0.15) is 6.10 Å². The Bertz CT molecular complexity index is 527. The predicted octanol–water partition coefficient (Wildman–Crippen LogP) is 3.25. The van der Waals surface area contributed by atoms with E-state index in [1.54, 1.807) is 12.1 Å². The van der Waals surface area contributed by atoms with Gasteiger partial charge in [-0.05, 0) is 33.3 Å². The molecule has 1 unspecified atom stereocenters. The van der Waals surface area contributed by atoms with E-state index in [9.17, 15) is 5.21 Å². The second-order valence-electron chi connectivity index (χ2n) is 7.14. The van der Waals surface area contributed by atoms with Gasteiger partial charge < -0.3 is 4.84 Å². The molecule has 1 fully saturated rings. The lowest BCUT2D eigenvalue weighted by molar-refractivity contribution is -0.946. The summed E-state index contributed by atoms with van der Waals surface area (Å²) in [5, 5.41) is 15.4. The topological polar surface area (TPSA) is 51.3 Å². The summed E-state index contributed by atoms with van der Waals surface area (Å²) in [5.41, 5.74) is 1.08. The van der Waals surface area contributed by atoms with Crippen molar-refractivity contribution in [3.63, 3.8) is 0 Å². The first-order valence-corrected chi connectivity index (χ1v) is 8.17. The molecule has 1 aromatic carbocycles. The average Bonchev–Trinajstić information content (AvgIpc) is 3.00. The number of benzene rings is 1. The SMILES string of the molecule is CC(c1ccccc1)N1CC[C@@H](O/N=[N+](\O)N(C)C(C)(C)C)C1. The van der Waals surface area contributed by atoms with E-state index in [1.807, 2.05) is 26.8 Å². The highest BCUT2D eigenvalue weighted by Gasteiger charge is 2.31. The molecule has 0 bridgehead atoms. The average molecular weight is 321 g/mol. The van der Waals surface area contributed by atoms with Gasteiger partial charge in [-0.2, -0.15) is 0 Å². The van der Waals surface area contributed by atoms with E-state index in [0.717, 1.165) is 24.5 Å². The van der Waals surface area contributed by atoms with Crippen LogP contribution in [-0.4, -0.2) is 51.9 Å². The molecule has 0 radical (unpaired) electrons. The summed E-state index contributed by atoms with van der Waals surface area (Å²) in [6.07, 6.45) is 0.914. The molecule has 1 aliphatic rings. The van der Waals surface area contributed by atoms with Crippen molar-refractivity contribution in [2.45, 2.75) is 51.8 Å². The van der Waals surface area contributed by atoms with Crippen molar-refractivity contribution in [3.8, 4) is 0 Å². The van der Waals surface area contributed by atoms with Gasteiger partial charge in [-0.1, -0.05) is 30.3 Å². The standard InChI is InChI=1S/C17H29N4O2/c1-14(15-9-7-6-8-10-15)20-12-11-16(13-20)23-18-21(22)19(5)17(2,3)4/h6-10,14,16H,11-13H2,1-5H3,(H,18,22)/q+1/t14?,16-/m1/s1. The summed E-state index contributed by atoms with van der Waals surface area (Å²) in [4.78, 5) is 8.68. The molecular formula is C17H29N4O2+. The van der Waals surface area contributed by atoms with Crippen LogP contribution in [0, 0.1) is 0 Å². The van der Waals surface area contributed by atoms with E-state index in [1.165, 1.54) is 5.56 Å². The van der Waals surface area contributed by atoms with Gasteiger partial charge in [0.15, 0.2) is 0 Å². The quantitative estimate of drug-likeness (QED) is 0.514. The molecule has 0 aromatic heterocycles. The Kier molecular flexibility index (Phi) is 5.46. The maximum absolute atomic E-state index is 9.92. The molecule has 1 saturated heterocycles. The van der Waals surface area contributed by atoms with Crippen LogP contribution in [-0.2, 0) is 4.84 Å². The zero-order valence-electron chi connectivity index (χ0n) is 14.8. The lowest BCUT2D eigenvalue weighted by Crippen LogP contribution is -2.43. The number of hydrogen-bond acceptors (Lipinski definition) is 3. The Morgan fingerprint density at radius 1 is 1.35 bits per heavy atom. The highest BCUT2D eigenvalue weighted by Crippen LogP contribution is 2.25. The van der Waals surface area contributed by atoms with Crippen LogP contribution < -0.4 is 0 Å². The lowest BCUT2D eigenvalue weighted by atomic mass is 10.1. The van der Waals surface area contributed by atoms with Crippen molar-refractivity contribution in [2.75, 3.05) is 20.1 Å². The second-order valence-corrected chi connectivity index (χ2v) is 7.14. The summed E-state index contributed by atoms with van der Waals surface area (Å²) >= 11 is 0. The fourth-order valence-corrected chi connectivity index (χ4v) is 2.57. The van der Waals surface area contributed by atoms with E-state index in [0.29, 0.717) is 6.04 Å². The Morgan fingerprint density at radius 3 is 2.61 bits per heavy atom. The third-order valence-corrected chi connectivity index (χ3v) is 4.51. The minimum absolute atomic E-state index is 0.00387. The largest absolute Gasteiger partial charge is 0.337 e. The molecule has 1 aromatic rings. The van der Waals surface area contributed by atoms with Crippen LogP contribution in [0.1, 0.15) is 45.7 Å². The monoisotopic (exact) mass is 321 g/mol. The maximum Gasteiger partial charge on any atom is 0.274 e. The highest BCUT2D eigenvalue weighted by atomic mass is 16.7. The normalized spacial score (nSPS) is 21.3. The van der Waals surface area contributed by atoms with Crippen LogP contribution in [0.4, 0.5) is 0 Å². The number of nitrogens with zero attached hydrogens (tertiary/aromatic N) is 4. The van der Waals surface area contributed by atoms with Crippen molar-refractivity contribution in [2.24, 2.45) is 5.28 Å². The van der Waals surface area contributed by atoms with Crippen molar-refractivity contribution in [1.29, 1.82) is 0 Å². The fraction of sp³-hybridized carbons (Fsp3) is 0.647. The van der Waals surface area contributed by atoms with Crippen molar-refractivity contribution in [3.05, 3.63) is 35.9 Å². The zero-order chi connectivity index (χ0) is 17.0. The van der Waals surface area contributed by atoms with Gasteiger partial charge in [-0.15, -0.1) is 5.01 Å². The molecule has 0 amide bonds. The Labute approximate surface area is 138 Å². The molecule has 128 valence electrons. The molecule has 0 spiro atoms. The van der Waals surface area contributed by atoms with Gasteiger partial charge in [0.05, 0.1) is 12.6 Å². The number of likely N-dealkylation sites (tertiary alicyclic amines) is 1. The zero-order valence-corrected chi connectivity index (χ0v) is 14.8. The summed E-state index contributed by atoms with van der Waals surface area (Å²) in [6.45, 7) is 9.96. The lowest BCUT2D eigenvalue weighted by Gasteiger charge is -2.24. The van der Waals surface area contributed by atoms with Gasteiger partial charge >= 0.3 is 0 Å². The van der Waals surface area contributed by atoms with E-state index in [-0.39, 0.29) is 11.6 Å². The molecule has 0 aliphatic carbocycles. The van der Waals surface area contributed by atoms with E-state index in [2.05, 4.69) is 41.4 Å². The third-order valence-electron chi connectivity index (χ3n) is 4.51. The number of hydrazine groups is 1. The van der Waals surface area contributed by atoms with E-state index < -0.39 is 0 Å². The molecule has 6 nitrogen and oxygen atoms in total. The van der Waals surface area contributed by atoms with Crippen LogP contribution in [0.25, 0.3) is 0 Å². The predicted molar refractivity (Wildman–Crippen MR) is 87.9 cm³/mol. The van der Waals surface area contributed by atoms with Crippen LogP contribution in [0.3, 0.4) is 0 Å². The molecule has 1 aliphatic heterocycles. The van der Waals surface area contributed by atoms with Crippen molar-refractivity contribution >= 4 is 0 Å². The Balaban J connectivity index is 1.88. The van der Waals surface area contributed by atoms with Crippen LogP contribution in [0.5, 0.6) is 0 Å². The molecule has 2 rings (SSSR count). The minimum atomic E-state index is -0.231. The first-order chi connectivity index (χ1) is 10.8. The number of rotatable bonds is 5. The fourth-order valence-electron chi connectivity index (χ4n) is 2.57. The Morgan fingerprint density at radius 2 is 2.00 bits per heavy atom. The van der Waals surface area contributed by atoms with Crippen LogP contribution >= 0.6 is 0 Å². The molecule has 2 atom stereocenters. The molecule has 23 heavy (non-hydrogen) atoms. The van der Waals surface area contributed by atoms with E-state index in [4.69, 9.17) is 4.84 Å². The second kappa shape index (κ2) is 7.17. The molecule has 1 N–H and O–H groups in total. The van der Waals surface area contributed by atoms with Crippen molar-refractivity contribution in [1.82, 2.24) is 9.91 Å². The smallest absolute Gasteiger partial charge is 0.274 e. The first kappa shape index (κ1) is 17.5. The number of hydrogen-bond donors (Lipinski definition) is 1. The van der Waals surface area contributed by atoms with Gasteiger partial charge in [0.25, 0.3) is 10.2 Å². The van der Waals surface area contributed by atoms with Crippen molar-refractivity contribution < 1.29 is 15.0 Å². The molecule has 6 heteroatoms. The van der Waals surface area contributed by atoms with Crippen LogP contribution in [0.15, 0.2) is 35.6 Å². The summed E-state index contributed by atoms with van der Waals surface area (Å²) in [6, 6.07) is 10.8. The van der Waals surface area contributed by atoms with Gasteiger partial charge in [0, 0.05) is 25.6 Å². The minimum Gasteiger partial charge on any atom is -0.337 e. The van der Waals surface area contributed by atoms with Gasteiger partial charge in [-0.25, -0.2) is 5.21 Å². The van der Waals surface area contributed by atoms with Gasteiger partial charge in [-0.3, -0.25) is 4.90 Å². The van der Waals surface area contributed by atoms with Crippen LogP contribution in [0.2, 0.25) is 0 Å². The highest BCUT2D eigenvalue weighted by molar-refractivity contribution is 5.18. The molecule has 1 heterocycles. The Hall–Kier alpha value is -1.82. The third kappa shape index (κ3) is 4.58. The summed E-state index contributed by atoms with van der Waals surface area (Å²) < 4.78 is 0. The molecular weight excluding hydrogens is 292 g/mol. The summed E-state index contributed by atoms with van der Waals surface area (Å²) in [5.74, 6) is 0. The van der Waals surface area contributed by atoms with E-state index >= 15 is 0 Å².